The van der Waals surface area contributed by atoms with Crippen molar-refractivity contribution in [2.45, 2.75) is 51.5 Å². The molecule has 5 heteroatoms. The zero-order valence-corrected chi connectivity index (χ0v) is 17.0. The van der Waals surface area contributed by atoms with Crippen LogP contribution in [0.5, 0.6) is 0 Å². The van der Waals surface area contributed by atoms with E-state index in [-0.39, 0.29) is 11.8 Å². The van der Waals surface area contributed by atoms with E-state index in [9.17, 15) is 4.79 Å². The molecule has 1 aromatic heterocycles. The second-order valence-electron chi connectivity index (χ2n) is 7.56. The molecule has 1 aliphatic rings. The number of hydrogen-bond acceptors (Lipinski definition) is 2. The largest absolute Gasteiger partial charge is 0.328 e. The summed E-state index contributed by atoms with van der Waals surface area (Å²) < 4.78 is 2.34. The van der Waals surface area contributed by atoms with E-state index in [4.69, 9.17) is 16.6 Å². The summed E-state index contributed by atoms with van der Waals surface area (Å²) in [5.41, 5.74) is 3.05. The molecule has 2 heterocycles. The van der Waals surface area contributed by atoms with Crippen molar-refractivity contribution in [2.24, 2.45) is 0 Å². The summed E-state index contributed by atoms with van der Waals surface area (Å²) in [4.78, 5) is 19.5. The van der Waals surface area contributed by atoms with Crippen LogP contribution in [0.15, 0.2) is 48.5 Å². The first-order valence-corrected chi connectivity index (χ1v) is 10.6. The first kappa shape index (κ1) is 19.0. The van der Waals surface area contributed by atoms with Gasteiger partial charge in [-0.25, -0.2) is 4.98 Å². The van der Waals surface area contributed by atoms with Gasteiger partial charge in [0.1, 0.15) is 5.82 Å². The highest BCUT2D eigenvalue weighted by Crippen LogP contribution is 2.34. The Labute approximate surface area is 171 Å². The van der Waals surface area contributed by atoms with Gasteiger partial charge < -0.3 is 9.47 Å². The smallest absolute Gasteiger partial charge is 0.227 e. The lowest BCUT2D eigenvalue weighted by Gasteiger charge is -2.17. The molecule has 0 spiro atoms. The van der Waals surface area contributed by atoms with Gasteiger partial charge in [0.15, 0.2) is 0 Å². The number of fused-ring (bicyclic) bond motifs is 1. The van der Waals surface area contributed by atoms with E-state index in [1.807, 2.05) is 35.2 Å². The van der Waals surface area contributed by atoms with Gasteiger partial charge in [0, 0.05) is 36.1 Å². The quantitative estimate of drug-likeness (QED) is 0.475. The number of hydrogen-bond donors (Lipinski definition) is 0. The molecule has 2 aromatic carbocycles. The number of anilines is 1. The number of unbranched alkanes of at least 4 members (excludes halogenated alkanes) is 3. The molecule has 1 saturated heterocycles. The fraction of sp³-hybridized carbons (Fsp3) is 0.391. The van der Waals surface area contributed by atoms with Crippen molar-refractivity contribution >= 4 is 34.2 Å². The number of amides is 1. The van der Waals surface area contributed by atoms with Crippen LogP contribution < -0.4 is 4.90 Å². The van der Waals surface area contributed by atoms with E-state index in [0.717, 1.165) is 30.0 Å². The molecule has 4 rings (SSSR count). The minimum absolute atomic E-state index is 0.102. The molecule has 0 N–H and O–H groups in total. The lowest BCUT2D eigenvalue weighted by atomic mass is 10.1. The molecule has 0 aliphatic carbocycles. The molecule has 4 nitrogen and oxygen atoms in total. The van der Waals surface area contributed by atoms with Gasteiger partial charge in [-0.1, -0.05) is 56.0 Å². The van der Waals surface area contributed by atoms with Crippen LogP contribution >= 0.6 is 11.6 Å². The van der Waals surface area contributed by atoms with Gasteiger partial charge in [-0.3, -0.25) is 4.79 Å². The number of imidazole rings is 1. The van der Waals surface area contributed by atoms with Crippen LogP contribution in [0.4, 0.5) is 5.69 Å². The molecule has 1 fully saturated rings. The maximum absolute atomic E-state index is 12.7. The van der Waals surface area contributed by atoms with Crippen LogP contribution in [-0.2, 0) is 11.3 Å². The van der Waals surface area contributed by atoms with E-state index in [1.54, 1.807) is 0 Å². The number of aromatic nitrogens is 2. The minimum atomic E-state index is 0.102. The maximum atomic E-state index is 12.7. The van der Waals surface area contributed by atoms with Gasteiger partial charge in [0.25, 0.3) is 0 Å². The Hall–Kier alpha value is -2.33. The predicted octanol–water partition coefficient (Wildman–Crippen LogP) is 5.79. The van der Waals surface area contributed by atoms with Crippen LogP contribution in [0.3, 0.4) is 0 Å². The second kappa shape index (κ2) is 8.36. The number of carbonyl (C=O) groups excluding carboxylic acids is 1. The standard InChI is InChI=1S/C23H26ClN3O/c1-2-3-4-7-13-26-21-12-6-5-11-20(21)25-23(26)17-14-22(28)27(16-17)19-10-8-9-18(24)15-19/h5-6,8-12,15,17H,2-4,7,13-14,16H2,1H3. The third kappa shape index (κ3) is 3.79. The number of nitrogens with zero attached hydrogens (tertiary/aromatic N) is 3. The zero-order valence-electron chi connectivity index (χ0n) is 16.3. The van der Waals surface area contributed by atoms with Crippen LogP contribution in [0.25, 0.3) is 11.0 Å². The maximum Gasteiger partial charge on any atom is 0.227 e. The van der Waals surface area contributed by atoms with Crippen LogP contribution in [0, 0.1) is 0 Å². The fourth-order valence-corrected chi connectivity index (χ4v) is 4.30. The topological polar surface area (TPSA) is 38.1 Å². The summed E-state index contributed by atoms with van der Waals surface area (Å²) in [6, 6.07) is 15.8. The summed E-state index contributed by atoms with van der Waals surface area (Å²) >= 11 is 6.13. The molecule has 0 radical (unpaired) electrons. The monoisotopic (exact) mass is 395 g/mol. The van der Waals surface area contributed by atoms with Crippen LogP contribution in [0.2, 0.25) is 5.02 Å². The van der Waals surface area contributed by atoms with Crippen molar-refractivity contribution in [3.63, 3.8) is 0 Å². The Balaban J connectivity index is 1.62. The van der Waals surface area contributed by atoms with Crippen molar-refractivity contribution in [3.05, 3.63) is 59.4 Å². The van der Waals surface area contributed by atoms with E-state index >= 15 is 0 Å². The zero-order chi connectivity index (χ0) is 19.5. The van der Waals surface area contributed by atoms with Crippen molar-refractivity contribution in [2.75, 3.05) is 11.4 Å². The van der Waals surface area contributed by atoms with Crippen molar-refractivity contribution in [1.29, 1.82) is 0 Å². The average Bonchev–Trinajstić information content (AvgIpc) is 3.26. The lowest BCUT2D eigenvalue weighted by molar-refractivity contribution is -0.117. The predicted molar refractivity (Wildman–Crippen MR) is 115 cm³/mol. The van der Waals surface area contributed by atoms with Gasteiger partial charge in [-0.15, -0.1) is 0 Å². The van der Waals surface area contributed by atoms with Gasteiger partial charge in [0.05, 0.1) is 11.0 Å². The number of benzene rings is 2. The summed E-state index contributed by atoms with van der Waals surface area (Å²) in [7, 11) is 0. The van der Waals surface area contributed by atoms with Gasteiger partial charge in [-0.2, -0.15) is 0 Å². The van der Waals surface area contributed by atoms with E-state index in [2.05, 4.69) is 29.7 Å². The third-order valence-corrected chi connectivity index (χ3v) is 5.76. The molecule has 0 saturated carbocycles. The number of halogens is 1. The molecular weight excluding hydrogens is 370 g/mol. The van der Waals surface area contributed by atoms with Crippen molar-refractivity contribution in [1.82, 2.24) is 9.55 Å². The molecule has 1 unspecified atom stereocenters. The fourth-order valence-electron chi connectivity index (χ4n) is 4.11. The second-order valence-corrected chi connectivity index (χ2v) is 7.99. The van der Waals surface area contributed by atoms with Crippen molar-refractivity contribution < 1.29 is 4.79 Å². The summed E-state index contributed by atoms with van der Waals surface area (Å²) in [6.45, 7) is 3.84. The van der Waals surface area contributed by atoms with Gasteiger partial charge >= 0.3 is 0 Å². The van der Waals surface area contributed by atoms with Crippen LogP contribution in [-0.4, -0.2) is 22.0 Å². The number of aryl methyl sites for hydroxylation is 1. The summed E-state index contributed by atoms with van der Waals surface area (Å²) in [5, 5.41) is 0.650. The first-order chi connectivity index (χ1) is 13.7. The van der Waals surface area contributed by atoms with Gasteiger partial charge in [-0.05, 0) is 36.8 Å². The normalized spacial score (nSPS) is 17.0. The number of carbonyl (C=O) groups is 1. The highest BCUT2D eigenvalue weighted by atomic mass is 35.5. The molecule has 1 atom stereocenters. The average molecular weight is 396 g/mol. The van der Waals surface area contributed by atoms with E-state index in [1.165, 1.54) is 24.8 Å². The Kier molecular flexibility index (Phi) is 5.67. The third-order valence-electron chi connectivity index (χ3n) is 5.53. The Morgan fingerprint density at radius 1 is 1.11 bits per heavy atom. The molecule has 3 aromatic rings. The Bertz CT molecular complexity index is 981. The molecule has 146 valence electrons. The summed E-state index contributed by atoms with van der Waals surface area (Å²) in [5.74, 6) is 1.28. The summed E-state index contributed by atoms with van der Waals surface area (Å²) in [6.07, 6.45) is 5.33. The number of rotatable bonds is 7. The van der Waals surface area contributed by atoms with E-state index in [0.29, 0.717) is 18.0 Å². The molecule has 0 bridgehead atoms. The Morgan fingerprint density at radius 2 is 1.96 bits per heavy atom. The first-order valence-electron chi connectivity index (χ1n) is 10.2. The Morgan fingerprint density at radius 3 is 2.79 bits per heavy atom. The van der Waals surface area contributed by atoms with Crippen molar-refractivity contribution in [3.8, 4) is 0 Å². The SMILES string of the molecule is CCCCCCn1c(C2CC(=O)N(c3cccc(Cl)c3)C2)nc2ccccc21. The van der Waals surface area contributed by atoms with Crippen LogP contribution in [0.1, 0.15) is 50.8 Å². The molecular formula is C23H26ClN3O. The molecule has 1 amide bonds. The lowest BCUT2D eigenvalue weighted by Crippen LogP contribution is -2.24. The van der Waals surface area contributed by atoms with E-state index < -0.39 is 0 Å². The molecule has 28 heavy (non-hydrogen) atoms. The minimum Gasteiger partial charge on any atom is -0.328 e. The number of para-hydroxylation sites is 2. The van der Waals surface area contributed by atoms with Gasteiger partial charge in [0.2, 0.25) is 5.91 Å². The molecule has 1 aliphatic heterocycles. The highest BCUT2D eigenvalue weighted by Gasteiger charge is 2.34. The highest BCUT2D eigenvalue weighted by molar-refractivity contribution is 6.30.